The monoisotopic (exact) mass is 256 g/mol. The van der Waals surface area contributed by atoms with Crippen molar-refractivity contribution in [1.82, 2.24) is 10.6 Å². The molecule has 1 aliphatic heterocycles. The van der Waals surface area contributed by atoms with E-state index in [0.717, 1.165) is 25.7 Å². The fourth-order valence-corrected chi connectivity index (χ4v) is 3.00. The topological polar surface area (TPSA) is 70.6 Å². The van der Waals surface area contributed by atoms with Gasteiger partial charge in [0.05, 0.1) is 19.1 Å². The summed E-state index contributed by atoms with van der Waals surface area (Å²) in [6, 6.07) is 0.246. The van der Waals surface area contributed by atoms with Gasteiger partial charge in [-0.3, -0.25) is 4.79 Å². The maximum atomic E-state index is 12.2. The number of rotatable bonds is 4. The van der Waals surface area contributed by atoms with E-state index in [0.29, 0.717) is 13.2 Å². The molecule has 2 rings (SSSR count). The highest BCUT2D eigenvalue weighted by Gasteiger charge is 2.35. The third-order valence-corrected chi connectivity index (χ3v) is 4.26. The number of hydrogen-bond acceptors (Lipinski definition) is 4. The maximum Gasteiger partial charge on any atom is 0.227 e. The molecule has 3 N–H and O–H groups in total. The summed E-state index contributed by atoms with van der Waals surface area (Å²) in [6.07, 6.45) is 4.29. The van der Waals surface area contributed by atoms with E-state index in [1.165, 1.54) is 0 Å². The molecule has 4 atom stereocenters. The van der Waals surface area contributed by atoms with Crippen LogP contribution in [0.5, 0.6) is 0 Å². The molecule has 0 aromatic rings. The first-order valence-corrected chi connectivity index (χ1v) is 6.92. The summed E-state index contributed by atoms with van der Waals surface area (Å²) < 4.78 is 5.35. The van der Waals surface area contributed by atoms with Gasteiger partial charge in [0.1, 0.15) is 0 Å². The third kappa shape index (κ3) is 3.02. The average molecular weight is 256 g/mol. The number of amides is 1. The lowest BCUT2D eigenvalue weighted by atomic mass is 9.84. The van der Waals surface area contributed by atoms with Crippen LogP contribution in [0, 0.1) is 11.8 Å². The number of nitrogens with one attached hydrogen (secondary N) is 2. The summed E-state index contributed by atoms with van der Waals surface area (Å²) in [6.45, 7) is 1.26. The van der Waals surface area contributed by atoms with Crippen molar-refractivity contribution < 1.29 is 14.6 Å². The molecular formula is C13H24N2O3. The summed E-state index contributed by atoms with van der Waals surface area (Å²) in [5, 5.41) is 15.6. The Morgan fingerprint density at radius 3 is 2.78 bits per heavy atom. The van der Waals surface area contributed by atoms with Crippen molar-refractivity contribution in [3.8, 4) is 0 Å². The predicted octanol–water partition coefficient (Wildman–Crippen LogP) is -0.112. The van der Waals surface area contributed by atoms with Gasteiger partial charge in [-0.15, -0.1) is 0 Å². The van der Waals surface area contributed by atoms with E-state index < -0.39 is 0 Å². The summed E-state index contributed by atoms with van der Waals surface area (Å²) in [4.78, 5) is 12.2. The molecule has 0 bridgehead atoms. The number of carbonyl (C=O) groups excluding carboxylic acids is 1. The smallest absolute Gasteiger partial charge is 0.227 e. The molecule has 1 aliphatic carbocycles. The fraction of sp³-hybridized carbons (Fsp3) is 0.923. The lowest BCUT2D eigenvalue weighted by Crippen LogP contribution is -2.49. The number of aliphatic hydroxyl groups is 1. The van der Waals surface area contributed by atoms with Crippen LogP contribution in [0.25, 0.3) is 0 Å². The Bertz CT molecular complexity index is 285. The third-order valence-electron chi connectivity index (χ3n) is 4.26. The molecule has 18 heavy (non-hydrogen) atoms. The molecule has 0 radical (unpaired) electrons. The van der Waals surface area contributed by atoms with Gasteiger partial charge in [-0.2, -0.15) is 0 Å². The van der Waals surface area contributed by atoms with E-state index >= 15 is 0 Å². The number of ether oxygens (including phenoxy) is 1. The summed E-state index contributed by atoms with van der Waals surface area (Å²) in [5.41, 5.74) is 0. The normalized spacial score (nSPS) is 36.6. The Kier molecular flexibility index (Phi) is 4.97. The van der Waals surface area contributed by atoms with E-state index in [1.807, 2.05) is 7.05 Å². The summed E-state index contributed by atoms with van der Waals surface area (Å²) in [5.74, 6) is 0.187. The zero-order chi connectivity index (χ0) is 13.0. The van der Waals surface area contributed by atoms with Gasteiger partial charge >= 0.3 is 0 Å². The second kappa shape index (κ2) is 6.50. The number of carbonyl (C=O) groups is 1. The van der Waals surface area contributed by atoms with Crippen LogP contribution >= 0.6 is 0 Å². The minimum absolute atomic E-state index is 0.0669. The number of hydrogen-bond donors (Lipinski definition) is 3. The standard InChI is InChI=1S/C13H24N2O3/c1-14-12-8-18-7-10(12)13(17)15-11-5-3-2-4-9(11)6-16/h9-12,14,16H,2-8H2,1H3,(H,15,17). The molecule has 2 fully saturated rings. The Hall–Kier alpha value is -0.650. The summed E-state index contributed by atoms with van der Waals surface area (Å²) >= 11 is 0. The van der Waals surface area contributed by atoms with Crippen LogP contribution in [0.3, 0.4) is 0 Å². The van der Waals surface area contributed by atoms with Crippen molar-refractivity contribution in [3.05, 3.63) is 0 Å². The van der Waals surface area contributed by atoms with E-state index in [-0.39, 0.29) is 36.4 Å². The minimum Gasteiger partial charge on any atom is -0.396 e. The van der Waals surface area contributed by atoms with Gasteiger partial charge in [0.2, 0.25) is 5.91 Å². The van der Waals surface area contributed by atoms with Crippen LogP contribution in [-0.2, 0) is 9.53 Å². The molecule has 5 nitrogen and oxygen atoms in total. The molecule has 5 heteroatoms. The van der Waals surface area contributed by atoms with Crippen molar-refractivity contribution in [3.63, 3.8) is 0 Å². The highest BCUT2D eigenvalue weighted by Crippen LogP contribution is 2.25. The second-order valence-corrected chi connectivity index (χ2v) is 5.38. The lowest BCUT2D eigenvalue weighted by molar-refractivity contribution is -0.126. The molecule has 1 saturated heterocycles. The van der Waals surface area contributed by atoms with Crippen molar-refractivity contribution in [2.75, 3.05) is 26.9 Å². The zero-order valence-electron chi connectivity index (χ0n) is 11.0. The SMILES string of the molecule is CNC1COCC1C(=O)NC1CCCCC1CO. The molecule has 1 heterocycles. The largest absolute Gasteiger partial charge is 0.396 e. The first-order valence-electron chi connectivity index (χ1n) is 6.92. The van der Waals surface area contributed by atoms with Crippen LogP contribution in [0.4, 0.5) is 0 Å². The van der Waals surface area contributed by atoms with Crippen LogP contribution in [0.1, 0.15) is 25.7 Å². The van der Waals surface area contributed by atoms with Crippen LogP contribution in [0.2, 0.25) is 0 Å². The Labute approximate surface area is 108 Å². The van der Waals surface area contributed by atoms with Gasteiger partial charge in [0.15, 0.2) is 0 Å². The van der Waals surface area contributed by atoms with E-state index in [4.69, 9.17) is 4.74 Å². The zero-order valence-corrected chi connectivity index (χ0v) is 11.0. The van der Waals surface area contributed by atoms with Crippen molar-refractivity contribution in [2.45, 2.75) is 37.8 Å². The van der Waals surface area contributed by atoms with Gasteiger partial charge in [-0.25, -0.2) is 0 Å². The molecular weight excluding hydrogens is 232 g/mol. The Balaban J connectivity index is 1.89. The number of aliphatic hydroxyl groups excluding tert-OH is 1. The van der Waals surface area contributed by atoms with E-state index in [9.17, 15) is 9.90 Å². The van der Waals surface area contributed by atoms with E-state index in [2.05, 4.69) is 10.6 Å². The summed E-state index contributed by atoms with van der Waals surface area (Å²) in [7, 11) is 1.86. The molecule has 1 amide bonds. The average Bonchev–Trinajstić information content (AvgIpc) is 2.87. The maximum absolute atomic E-state index is 12.2. The van der Waals surface area contributed by atoms with Crippen molar-refractivity contribution in [1.29, 1.82) is 0 Å². The van der Waals surface area contributed by atoms with Gasteiger partial charge < -0.3 is 20.5 Å². The molecule has 0 aromatic carbocycles. The fourth-order valence-electron chi connectivity index (χ4n) is 3.00. The highest BCUT2D eigenvalue weighted by molar-refractivity contribution is 5.80. The minimum atomic E-state index is -0.101. The molecule has 0 spiro atoms. The predicted molar refractivity (Wildman–Crippen MR) is 68.1 cm³/mol. The highest BCUT2D eigenvalue weighted by atomic mass is 16.5. The Morgan fingerprint density at radius 1 is 1.28 bits per heavy atom. The molecule has 0 aromatic heterocycles. The first kappa shape index (κ1) is 13.8. The van der Waals surface area contributed by atoms with E-state index in [1.54, 1.807) is 0 Å². The molecule has 2 aliphatic rings. The first-order chi connectivity index (χ1) is 8.76. The quantitative estimate of drug-likeness (QED) is 0.656. The lowest BCUT2D eigenvalue weighted by Gasteiger charge is -2.32. The van der Waals surface area contributed by atoms with Crippen molar-refractivity contribution >= 4 is 5.91 Å². The van der Waals surface area contributed by atoms with Crippen LogP contribution in [-0.4, -0.2) is 50.0 Å². The number of likely N-dealkylation sites (N-methyl/N-ethyl adjacent to an activating group) is 1. The van der Waals surface area contributed by atoms with Crippen LogP contribution in [0.15, 0.2) is 0 Å². The van der Waals surface area contributed by atoms with Crippen LogP contribution < -0.4 is 10.6 Å². The Morgan fingerprint density at radius 2 is 2.06 bits per heavy atom. The van der Waals surface area contributed by atoms with Crippen molar-refractivity contribution in [2.24, 2.45) is 11.8 Å². The molecule has 104 valence electrons. The van der Waals surface area contributed by atoms with Gasteiger partial charge in [-0.05, 0) is 19.9 Å². The molecule has 4 unspecified atom stereocenters. The second-order valence-electron chi connectivity index (χ2n) is 5.38. The van der Waals surface area contributed by atoms with Gasteiger partial charge in [0, 0.05) is 24.6 Å². The van der Waals surface area contributed by atoms with Gasteiger partial charge in [0.25, 0.3) is 0 Å². The van der Waals surface area contributed by atoms with Gasteiger partial charge in [-0.1, -0.05) is 12.8 Å². The molecule has 1 saturated carbocycles.